The number of phosphoric ester groups is 1. The normalized spacial score (nSPS) is 30.6. The molecule has 7 N–H and O–H groups in total. The number of ether oxygens (including phenoxy) is 1. The quantitative estimate of drug-likeness (QED) is 0.171. The zero-order valence-corrected chi connectivity index (χ0v) is 18.3. The molecule has 1 saturated heterocycles. The SMILES string of the molecule is Nc1ccn([C@@H]2O[C@H](COP(=O)(O)OP(=O)(O)OP(=O)(O)O)[C@H](O)C2(Cl)CF)c(=O)n1. The van der Waals surface area contributed by atoms with Crippen molar-refractivity contribution in [3.8, 4) is 0 Å². The molecular formula is C10H16ClFN3O13P3. The number of hydrogen-bond acceptors (Lipinski definition) is 11. The average molecular weight is 534 g/mol. The Balaban J connectivity index is 2.17. The Kier molecular flexibility index (Phi) is 7.89. The summed E-state index contributed by atoms with van der Waals surface area (Å²) in [6, 6.07) is 1.14. The first kappa shape index (κ1) is 26.5. The van der Waals surface area contributed by atoms with E-state index in [4.69, 9.17) is 36.8 Å². The molecular weight excluding hydrogens is 517 g/mol. The Morgan fingerprint density at radius 3 is 2.39 bits per heavy atom. The Bertz CT molecular complexity index is 1020. The minimum atomic E-state index is -5.77. The fraction of sp³-hybridized carbons (Fsp3) is 0.600. The van der Waals surface area contributed by atoms with Gasteiger partial charge in [-0.15, -0.1) is 11.6 Å². The lowest BCUT2D eigenvalue weighted by Crippen LogP contribution is -2.46. The van der Waals surface area contributed by atoms with Crippen molar-refractivity contribution in [1.29, 1.82) is 0 Å². The first-order chi connectivity index (χ1) is 14.0. The van der Waals surface area contributed by atoms with Crippen LogP contribution in [0.3, 0.4) is 0 Å². The summed E-state index contributed by atoms with van der Waals surface area (Å²) < 4.78 is 64.7. The third-order valence-electron chi connectivity index (χ3n) is 3.68. The van der Waals surface area contributed by atoms with Gasteiger partial charge in [0.1, 0.15) is 29.6 Å². The molecule has 1 aromatic heterocycles. The van der Waals surface area contributed by atoms with Gasteiger partial charge in [0.25, 0.3) is 0 Å². The highest BCUT2D eigenvalue weighted by atomic mass is 35.5. The van der Waals surface area contributed by atoms with E-state index in [1.165, 1.54) is 0 Å². The summed E-state index contributed by atoms with van der Waals surface area (Å²) in [7, 11) is -16.9. The Morgan fingerprint density at radius 1 is 1.26 bits per heavy atom. The molecule has 1 aliphatic heterocycles. The number of nitrogens with zero attached hydrogens (tertiary/aromatic N) is 2. The number of alkyl halides is 2. The molecule has 31 heavy (non-hydrogen) atoms. The third kappa shape index (κ3) is 6.62. The molecule has 0 amide bonds. The van der Waals surface area contributed by atoms with Gasteiger partial charge in [0.2, 0.25) is 0 Å². The number of aromatic nitrogens is 2. The molecule has 21 heteroatoms. The Labute approximate surface area is 176 Å². The summed E-state index contributed by atoms with van der Waals surface area (Å²) in [5, 5.41) is 10.3. The zero-order valence-electron chi connectivity index (χ0n) is 14.9. The van der Waals surface area contributed by atoms with Gasteiger partial charge < -0.3 is 35.2 Å². The van der Waals surface area contributed by atoms with E-state index in [-0.39, 0.29) is 5.82 Å². The largest absolute Gasteiger partial charge is 0.490 e. The second-order valence-electron chi connectivity index (χ2n) is 5.96. The van der Waals surface area contributed by atoms with E-state index in [2.05, 4.69) is 18.1 Å². The molecule has 6 atom stereocenters. The van der Waals surface area contributed by atoms with E-state index in [0.29, 0.717) is 4.57 Å². The molecule has 2 rings (SSSR count). The number of nitrogens with two attached hydrogens (primary N) is 1. The van der Waals surface area contributed by atoms with E-state index < -0.39 is 65.7 Å². The van der Waals surface area contributed by atoms with Crippen LogP contribution in [0.1, 0.15) is 6.23 Å². The van der Waals surface area contributed by atoms with Gasteiger partial charge in [0, 0.05) is 6.20 Å². The van der Waals surface area contributed by atoms with Crippen LogP contribution in [0.25, 0.3) is 0 Å². The van der Waals surface area contributed by atoms with Crippen molar-refractivity contribution < 1.29 is 60.6 Å². The second-order valence-corrected chi connectivity index (χ2v) is 11.1. The van der Waals surface area contributed by atoms with Crippen LogP contribution < -0.4 is 11.4 Å². The van der Waals surface area contributed by atoms with E-state index in [0.717, 1.165) is 12.3 Å². The van der Waals surface area contributed by atoms with Crippen LogP contribution in [0.15, 0.2) is 17.1 Å². The standard InChI is InChI=1S/C10H16ClFN3O13P3/c11-10(4-12)7(16)5(26-8(10)15-2-1-6(13)14-9(15)17)3-25-30(21,22)28-31(23,24)27-29(18,19)20/h1-2,5,7-8,16H,3-4H2,(H,21,22)(H,23,24)(H2,13,14,17)(H2,18,19,20)/t5-,7+,8-,10?/m1/s1. The van der Waals surface area contributed by atoms with Gasteiger partial charge in [-0.05, 0) is 6.07 Å². The molecule has 3 unspecified atom stereocenters. The van der Waals surface area contributed by atoms with E-state index in [1.54, 1.807) is 0 Å². The maximum atomic E-state index is 13.6. The minimum absolute atomic E-state index is 0.176. The summed E-state index contributed by atoms with van der Waals surface area (Å²) in [6.07, 6.45) is -4.29. The van der Waals surface area contributed by atoms with Gasteiger partial charge in [0.05, 0.1) is 6.61 Å². The first-order valence-electron chi connectivity index (χ1n) is 7.71. The first-order valence-corrected chi connectivity index (χ1v) is 12.6. The maximum Gasteiger partial charge on any atom is 0.490 e. The highest BCUT2D eigenvalue weighted by Crippen LogP contribution is 2.66. The topological polar surface area (TPSA) is 250 Å². The third-order valence-corrected chi connectivity index (χ3v) is 8.00. The number of aliphatic hydroxyl groups is 1. The summed E-state index contributed by atoms with van der Waals surface area (Å²) in [5.41, 5.74) is 4.32. The fourth-order valence-corrected chi connectivity index (χ4v) is 5.78. The van der Waals surface area contributed by atoms with Crippen molar-refractivity contribution in [2.24, 2.45) is 0 Å². The number of nitrogen functional groups attached to an aromatic ring is 1. The molecule has 0 spiro atoms. The summed E-state index contributed by atoms with van der Waals surface area (Å²) >= 11 is 6.06. The lowest BCUT2D eigenvalue weighted by Gasteiger charge is -2.27. The fourth-order valence-electron chi connectivity index (χ4n) is 2.46. The number of halogens is 2. The van der Waals surface area contributed by atoms with Crippen molar-refractivity contribution >= 4 is 40.9 Å². The average Bonchev–Trinajstić information content (AvgIpc) is 2.82. The molecule has 178 valence electrons. The van der Waals surface area contributed by atoms with Crippen LogP contribution in [-0.4, -0.2) is 64.6 Å². The summed E-state index contributed by atoms with van der Waals surface area (Å²) in [5.74, 6) is -0.176. The van der Waals surface area contributed by atoms with Crippen LogP contribution >= 0.6 is 35.1 Å². The minimum Gasteiger partial charge on any atom is -0.388 e. The number of hydrogen-bond donors (Lipinski definition) is 6. The molecule has 0 aliphatic carbocycles. The van der Waals surface area contributed by atoms with Crippen LogP contribution in [0.5, 0.6) is 0 Å². The maximum absolute atomic E-state index is 13.6. The van der Waals surface area contributed by atoms with Gasteiger partial charge >= 0.3 is 29.2 Å². The molecule has 2 heterocycles. The molecule has 0 aromatic carbocycles. The van der Waals surface area contributed by atoms with Gasteiger partial charge in [-0.25, -0.2) is 22.9 Å². The van der Waals surface area contributed by atoms with Gasteiger partial charge in [-0.2, -0.15) is 13.6 Å². The van der Waals surface area contributed by atoms with E-state index >= 15 is 0 Å². The van der Waals surface area contributed by atoms with E-state index in [1.807, 2.05) is 0 Å². The highest BCUT2D eigenvalue weighted by molar-refractivity contribution is 7.66. The molecule has 1 fully saturated rings. The lowest BCUT2D eigenvalue weighted by atomic mass is 10.00. The Hall–Kier alpha value is -0.770. The van der Waals surface area contributed by atoms with Crippen molar-refractivity contribution in [3.05, 3.63) is 22.7 Å². The number of rotatable bonds is 9. The van der Waals surface area contributed by atoms with E-state index in [9.17, 15) is 32.9 Å². The number of aliphatic hydroxyl groups excluding tert-OH is 1. The van der Waals surface area contributed by atoms with Gasteiger partial charge in [0.15, 0.2) is 6.23 Å². The van der Waals surface area contributed by atoms with Crippen LogP contribution in [-0.2, 0) is 31.6 Å². The lowest BCUT2D eigenvalue weighted by molar-refractivity contribution is -0.0467. The van der Waals surface area contributed by atoms with Crippen LogP contribution in [0, 0.1) is 0 Å². The van der Waals surface area contributed by atoms with Crippen LogP contribution in [0.4, 0.5) is 10.2 Å². The number of phosphoric acid groups is 3. The second kappa shape index (κ2) is 9.23. The van der Waals surface area contributed by atoms with Crippen LogP contribution in [0.2, 0.25) is 0 Å². The van der Waals surface area contributed by atoms with Gasteiger partial charge in [-0.1, -0.05) is 0 Å². The molecule has 1 aromatic rings. The molecule has 1 aliphatic rings. The Morgan fingerprint density at radius 2 is 1.87 bits per heavy atom. The summed E-state index contributed by atoms with van der Waals surface area (Å²) in [4.78, 5) is 48.6. The zero-order chi connectivity index (χ0) is 23.8. The molecule has 0 saturated carbocycles. The van der Waals surface area contributed by atoms with Crippen molar-refractivity contribution in [3.63, 3.8) is 0 Å². The number of anilines is 1. The summed E-state index contributed by atoms with van der Waals surface area (Å²) in [6.45, 7) is -2.57. The highest BCUT2D eigenvalue weighted by Gasteiger charge is 2.57. The molecule has 16 nitrogen and oxygen atoms in total. The smallest absolute Gasteiger partial charge is 0.388 e. The predicted octanol–water partition coefficient (Wildman–Crippen LogP) is -0.626. The molecule has 0 radical (unpaired) electrons. The molecule has 0 bridgehead atoms. The van der Waals surface area contributed by atoms with Crippen molar-refractivity contribution in [2.45, 2.75) is 23.3 Å². The van der Waals surface area contributed by atoms with Crippen molar-refractivity contribution in [2.75, 3.05) is 19.0 Å². The predicted molar refractivity (Wildman–Crippen MR) is 97.2 cm³/mol. The monoisotopic (exact) mass is 533 g/mol. The van der Waals surface area contributed by atoms with Gasteiger partial charge in [-0.3, -0.25) is 9.09 Å². The van der Waals surface area contributed by atoms with Crippen molar-refractivity contribution in [1.82, 2.24) is 9.55 Å².